The molecule has 0 saturated carbocycles. The lowest BCUT2D eigenvalue weighted by Gasteiger charge is -2.04. The Labute approximate surface area is 122 Å². The highest BCUT2D eigenvalue weighted by Gasteiger charge is 2.15. The maximum atomic E-state index is 11.7. The van der Waals surface area contributed by atoms with Gasteiger partial charge in [0.15, 0.2) is 5.78 Å². The molecule has 0 N–H and O–H groups in total. The number of esters is 2. The molecule has 0 heterocycles. The number of rotatable bonds is 6. The van der Waals surface area contributed by atoms with Gasteiger partial charge in [0.2, 0.25) is 0 Å². The Morgan fingerprint density at radius 1 is 1.19 bits per heavy atom. The number of benzene rings is 1. The van der Waals surface area contributed by atoms with E-state index in [4.69, 9.17) is 4.74 Å². The van der Waals surface area contributed by atoms with E-state index in [9.17, 15) is 14.4 Å². The van der Waals surface area contributed by atoms with E-state index < -0.39 is 17.7 Å². The molecule has 1 aromatic carbocycles. The zero-order chi connectivity index (χ0) is 15.8. The van der Waals surface area contributed by atoms with Crippen molar-refractivity contribution in [3.63, 3.8) is 0 Å². The Bertz CT molecular complexity index is 581. The largest absolute Gasteiger partial charge is 0.465 e. The number of hydrogen-bond donors (Lipinski definition) is 0. The highest BCUT2D eigenvalue weighted by Crippen LogP contribution is 2.12. The normalized spacial score (nSPS) is 10.7. The van der Waals surface area contributed by atoms with Gasteiger partial charge in [0, 0.05) is 0 Å². The molecule has 21 heavy (non-hydrogen) atoms. The monoisotopic (exact) mass is 288 g/mol. The maximum Gasteiger partial charge on any atom is 0.342 e. The molecule has 5 nitrogen and oxygen atoms in total. The highest BCUT2D eigenvalue weighted by molar-refractivity contribution is 6.19. The third-order valence-corrected chi connectivity index (χ3v) is 2.57. The van der Waals surface area contributed by atoms with E-state index in [1.807, 2.05) is 0 Å². The molecule has 0 bridgehead atoms. The van der Waals surface area contributed by atoms with Crippen molar-refractivity contribution < 1.29 is 23.9 Å². The van der Waals surface area contributed by atoms with Gasteiger partial charge < -0.3 is 9.47 Å². The van der Waals surface area contributed by atoms with Gasteiger partial charge in [-0.3, -0.25) is 4.79 Å². The maximum absolute atomic E-state index is 11.7. The van der Waals surface area contributed by atoms with Crippen molar-refractivity contribution in [1.29, 1.82) is 0 Å². The first-order valence-corrected chi connectivity index (χ1v) is 6.18. The lowest BCUT2D eigenvalue weighted by atomic mass is 10.1. The number of Topliss-reactive ketones (excluding diaryl/α,β-unsaturated/α-hetero) is 1. The summed E-state index contributed by atoms with van der Waals surface area (Å²) >= 11 is 0. The van der Waals surface area contributed by atoms with Crippen LogP contribution in [0.15, 0.2) is 42.5 Å². The van der Waals surface area contributed by atoms with Crippen molar-refractivity contribution in [3.05, 3.63) is 53.6 Å². The van der Waals surface area contributed by atoms with Gasteiger partial charge in [-0.05, 0) is 30.7 Å². The fraction of sp³-hybridized carbons (Fsp3) is 0.188. The van der Waals surface area contributed by atoms with Crippen LogP contribution < -0.4 is 0 Å². The van der Waals surface area contributed by atoms with Gasteiger partial charge in [-0.15, -0.1) is 0 Å². The van der Waals surface area contributed by atoms with Crippen LogP contribution in [0, 0.1) is 0 Å². The Morgan fingerprint density at radius 3 is 2.29 bits per heavy atom. The molecule has 110 valence electrons. The molecular weight excluding hydrogens is 272 g/mol. The Kier molecular flexibility index (Phi) is 6.07. The Morgan fingerprint density at radius 2 is 1.81 bits per heavy atom. The second-order valence-electron chi connectivity index (χ2n) is 4.11. The summed E-state index contributed by atoms with van der Waals surface area (Å²) in [5, 5.41) is 0. The topological polar surface area (TPSA) is 69.7 Å². The molecule has 0 atom stereocenters. The minimum Gasteiger partial charge on any atom is -0.465 e. The minimum atomic E-state index is -0.709. The van der Waals surface area contributed by atoms with E-state index in [-0.39, 0.29) is 12.2 Å². The Hall–Kier alpha value is -2.69. The van der Waals surface area contributed by atoms with Gasteiger partial charge in [0.1, 0.15) is 12.2 Å². The van der Waals surface area contributed by atoms with Crippen LogP contribution in [0.2, 0.25) is 0 Å². The van der Waals surface area contributed by atoms with Crippen molar-refractivity contribution in [1.82, 2.24) is 0 Å². The number of carbonyl (C=O) groups excluding carboxylic acids is 3. The van der Waals surface area contributed by atoms with Gasteiger partial charge in [-0.25, -0.2) is 9.59 Å². The highest BCUT2D eigenvalue weighted by atomic mass is 16.5. The van der Waals surface area contributed by atoms with Crippen LogP contribution in [0.4, 0.5) is 0 Å². The number of methoxy groups -OCH3 is 1. The number of carbonyl (C=O) groups is 3. The van der Waals surface area contributed by atoms with E-state index in [0.717, 1.165) is 0 Å². The smallest absolute Gasteiger partial charge is 0.342 e. The quantitative estimate of drug-likeness (QED) is 0.264. The third kappa shape index (κ3) is 4.72. The molecule has 5 heteroatoms. The van der Waals surface area contributed by atoms with Crippen LogP contribution in [0.3, 0.4) is 0 Å². The van der Waals surface area contributed by atoms with Crippen LogP contribution in [0.5, 0.6) is 0 Å². The molecular formula is C16H16O5. The average Bonchev–Trinajstić information content (AvgIpc) is 2.49. The summed E-state index contributed by atoms with van der Waals surface area (Å²) in [7, 11) is 1.29. The van der Waals surface area contributed by atoms with Crippen LogP contribution in [0.25, 0.3) is 6.08 Å². The molecule has 0 fully saturated rings. The first-order valence-electron chi connectivity index (χ1n) is 6.18. The summed E-state index contributed by atoms with van der Waals surface area (Å²) in [6.07, 6.45) is 2.83. The fourth-order valence-electron chi connectivity index (χ4n) is 1.52. The second-order valence-corrected chi connectivity index (χ2v) is 4.11. The first-order chi connectivity index (χ1) is 9.99. The molecule has 0 saturated heterocycles. The van der Waals surface area contributed by atoms with Crippen LogP contribution >= 0.6 is 0 Å². The van der Waals surface area contributed by atoms with E-state index in [0.29, 0.717) is 11.1 Å². The van der Waals surface area contributed by atoms with Gasteiger partial charge in [-0.1, -0.05) is 24.8 Å². The summed E-state index contributed by atoms with van der Waals surface area (Å²) in [5.41, 5.74) is 0.916. The Balaban J connectivity index is 3.00. The van der Waals surface area contributed by atoms with E-state index in [1.165, 1.54) is 26.2 Å². The van der Waals surface area contributed by atoms with Crippen molar-refractivity contribution in [2.45, 2.75) is 6.92 Å². The molecule has 1 rings (SSSR count). The van der Waals surface area contributed by atoms with Crippen LogP contribution in [-0.4, -0.2) is 31.4 Å². The van der Waals surface area contributed by atoms with Gasteiger partial charge in [-0.2, -0.15) is 0 Å². The van der Waals surface area contributed by atoms with Gasteiger partial charge in [0.25, 0.3) is 0 Å². The van der Waals surface area contributed by atoms with Crippen molar-refractivity contribution in [3.8, 4) is 0 Å². The number of ether oxygens (including phenoxy) is 2. The van der Waals surface area contributed by atoms with Gasteiger partial charge in [0.05, 0.1) is 12.7 Å². The number of hydrogen-bond acceptors (Lipinski definition) is 5. The number of ketones is 1. The molecule has 0 aromatic heterocycles. The third-order valence-electron chi connectivity index (χ3n) is 2.57. The van der Waals surface area contributed by atoms with E-state index >= 15 is 0 Å². The van der Waals surface area contributed by atoms with Crippen molar-refractivity contribution >= 4 is 23.8 Å². The predicted octanol–water partition coefficient (Wildman–Crippen LogP) is 2.17. The predicted molar refractivity (Wildman–Crippen MR) is 77.6 cm³/mol. The fourth-order valence-corrected chi connectivity index (χ4v) is 1.52. The SMILES string of the molecule is C=CCOC(=O)C(=Cc1ccc(C(=O)OC)cc1)C(C)=O. The molecule has 0 spiro atoms. The molecule has 0 aliphatic carbocycles. The lowest BCUT2D eigenvalue weighted by Crippen LogP contribution is -2.13. The second kappa shape index (κ2) is 7.79. The average molecular weight is 288 g/mol. The summed E-state index contributed by atoms with van der Waals surface area (Å²) in [6.45, 7) is 4.74. The summed E-state index contributed by atoms with van der Waals surface area (Å²) in [4.78, 5) is 34.5. The van der Waals surface area contributed by atoms with Gasteiger partial charge >= 0.3 is 11.9 Å². The zero-order valence-electron chi connectivity index (χ0n) is 11.9. The van der Waals surface area contributed by atoms with Crippen LogP contribution in [-0.2, 0) is 19.1 Å². The molecule has 0 aliphatic heterocycles. The molecule has 0 radical (unpaired) electrons. The minimum absolute atomic E-state index is 0.0325. The first kappa shape index (κ1) is 16.4. The lowest BCUT2D eigenvalue weighted by molar-refractivity contribution is -0.139. The van der Waals surface area contributed by atoms with Crippen LogP contribution in [0.1, 0.15) is 22.8 Å². The van der Waals surface area contributed by atoms with E-state index in [2.05, 4.69) is 11.3 Å². The van der Waals surface area contributed by atoms with E-state index in [1.54, 1.807) is 24.3 Å². The summed E-state index contributed by atoms with van der Waals surface area (Å²) in [6, 6.07) is 6.31. The summed E-state index contributed by atoms with van der Waals surface area (Å²) < 4.78 is 9.43. The zero-order valence-corrected chi connectivity index (χ0v) is 11.9. The molecule has 0 unspecified atom stereocenters. The van der Waals surface area contributed by atoms with Crippen molar-refractivity contribution in [2.24, 2.45) is 0 Å². The standard InChI is InChI=1S/C16H16O5/c1-4-9-21-16(19)14(11(2)17)10-12-5-7-13(8-6-12)15(18)20-3/h4-8,10H,1,9H2,2-3H3. The molecule has 0 amide bonds. The van der Waals surface area contributed by atoms with Crippen molar-refractivity contribution in [2.75, 3.05) is 13.7 Å². The summed E-state index contributed by atoms with van der Waals surface area (Å²) in [5.74, 6) is -1.57. The molecule has 0 aliphatic rings. The molecule has 1 aromatic rings.